The second-order valence-corrected chi connectivity index (χ2v) is 5.62. The molecule has 0 radical (unpaired) electrons. The predicted octanol–water partition coefficient (Wildman–Crippen LogP) is 2.37. The Hall–Kier alpha value is -1.13. The molecule has 20 heavy (non-hydrogen) atoms. The van der Waals surface area contributed by atoms with Crippen LogP contribution in [0.1, 0.15) is 37.4 Å². The first-order chi connectivity index (χ1) is 9.72. The summed E-state index contributed by atoms with van der Waals surface area (Å²) >= 11 is 0. The van der Waals surface area contributed by atoms with Crippen LogP contribution < -0.4 is 10.2 Å². The topological polar surface area (TPSA) is 37.4 Å². The van der Waals surface area contributed by atoms with Crippen LogP contribution in [0.2, 0.25) is 0 Å². The van der Waals surface area contributed by atoms with Crippen LogP contribution in [-0.4, -0.2) is 38.3 Å². The number of nitrogens with zero attached hydrogens (tertiary/aromatic N) is 2. The van der Waals surface area contributed by atoms with E-state index >= 15 is 0 Å². The van der Waals surface area contributed by atoms with Crippen LogP contribution >= 0.6 is 0 Å². The zero-order chi connectivity index (χ0) is 14.4. The first-order valence-corrected chi connectivity index (χ1v) is 7.70. The lowest BCUT2D eigenvalue weighted by molar-refractivity contribution is 0.116. The van der Waals surface area contributed by atoms with E-state index in [1.807, 2.05) is 7.05 Å². The molecule has 4 heteroatoms. The minimum absolute atomic E-state index is 0.365. The highest BCUT2D eigenvalue weighted by Crippen LogP contribution is 2.19. The summed E-state index contributed by atoms with van der Waals surface area (Å²) in [6, 6.07) is 4.40. The highest BCUT2D eigenvalue weighted by Gasteiger charge is 2.18. The van der Waals surface area contributed by atoms with Gasteiger partial charge in [0.15, 0.2) is 0 Å². The molecule has 1 fully saturated rings. The second-order valence-electron chi connectivity index (χ2n) is 5.62. The number of aromatic nitrogens is 1. The lowest BCUT2D eigenvalue weighted by Gasteiger charge is -2.23. The van der Waals surface area contributed by atoms with Crippen LogP contribution in [0.3, 0.4) is 0 Å². The highest BCUT2D eigenvalue weighted by molar-refractivity contribution is 5.42. The summed E-state index contributed by atoms with van der Waals surface area (Å²) in [5.41, 5.74) is 2.49. The number of hydrogen-bond acceptors (Lipinski definition) is 4. The summed E-state index contributed by atoms with van der Waals surface area (Å²) in [5, 5.41) is 3.22. The maximum absolute atomic E-state index is 5.72. The van der Waals surface area contributed by atoms with Crippen molar-refractivity contribution >= 4 is 5.82 Å². The summed E-state index contributed by atoms with van der Waals surface area (Å²) in [6.07, 6.45) is 4.89. The number of anilines is 1. The van der Waals surface area contributed by atoms with Crippen LogP contribution in [0.25, 0.3) is 0 Å². The van der Waals surface area contributed by atoms with Crippen molar-refractivity contribution in [1.82, 2.24) is 10.3 Å². The van der Waals surface area contributed by atoms with E-state index in [0.29, 0.717) is 6.10 Å². The molecule has 1 aliphatic rings. The Labute approximate surface area is 122 Å². The second kappa shape index (κ2) is 7.60. The lowest BCUT2D eigenvalue weighted by atomic mass is 10.1. The molecule has 112 valence electrons. The molecule has 2 rings (SSSR count). The molecule has 2 heterocycles. The van der Waals surface area contributed by atoms with Crippen molar-refractivity contribution in [3.8, 4) is 0 Å². The SMILES string of the molecule is CCCc1cc(CNC)cc(N(C)CC2CCCO2)n1. The number of pyridine rings is 1. The van der Waals surface area contributed by atoms with Crippen LogP contribution in [0.4, 0.5) is 5.82 Å². The number of likely N-dealkylation sites (N-methyl/N-ethyl adjacent to an activating group) is 1. The van der Waals surface area contributed by atoms with E-state index in [4.69, 9.17) is 9.72 Å². The summed E-state index contributed by atoms with van der Waals surface area (Å²) in [5.74, 6) is 1.07. The predicted molar refractivity (Wildman–Crippen MR) is 83.2 cm³/mol. The maximum atomic E-state index is 5.72. The van der Waals surface area contributed by atoms with E-state index < -0.39 is 0 Å². The number of hydrogen-bond donors (Lipinski definition) is 1. The quantitative estimate of drug-likeness (QED) is 0.830. The zero-order valence-electron chi connectivity index (χ0n) is 13.0. The van der Waals surface area contributed by atoms with E-state index in [1.165, 1.54) is 24.1 Å². The maximum Gasteiger partial charge on any atom is 0.128 e. The molecule has 1 saturated heterocycles. The number of rotatable bonds is 7. The average molecular weight is 277 g/mol. The smallest absolute Gasteiger partial charge is 0.128 e. The van der Waals surface area contributed by atoms with Crippen LogP contribution in [0.15, 0.2) is 12.1 Å². The van der Waals surface area contributed by atoms with Gasteiger partial charge in [-0.25, -0.2) is 4.98 Å². The van der Waals surface area contributed by atoms with Crippen molar-refractivity contribution in [3.63, 3.8) is 0 Å². The molecule has 1 aliphatic heterocycles. The molecule has 1 aromatic rings. The van der Waals surface area contributed by atoms with Gasteiger partial charge in [-0.1, -0.05) is 13.3 Å². The Balaban J connectivity index is 2.10. The third-order valence-corrected chi connectivity index (χ3v) is 3.70. The van der Waals surface area contributed by atoms with Gasteiger partial charge in [0.25, 0.3) is 0 Å². The third-order valence-electron chi connectivity index (χ3n) is 3.70. The summed E-state index contributed by atoms with van der Waals surface area (Å²) < 4.78 is 5.72. The van der Waals surface area contributed by atoms with Gasteiger partial charge in [0.1, 0.15) is 5.82 Å². The van der Waals surface area contributed by atoms with Crippen molar-refractivity contribution in [3.05, 3.63) is 23.4 Å². The Kier molecular flexibility index (Phi) is 5.80. The van der Waals surface area contributed by atoms with Gasteiger partial charge in [-0.2, -0.15) is 0 Å². The molecule has 0 saturated carbocycles. The fourth-order valence-electron chi connectivity index (χ4n) is 2.71. The van der Waals surface area contributed by atoms with E-state index in [0.717, 1.165) is 38.4 Å². The minimum atomic E-state index is 0.365. The van der Waals surface area contributed by atoms with E-state index in [1.54, 1.807) is 0 Å². The molecule has 4 nitrogen and oxygen atoms in total. The van der Waals surface area contributed by atoms with Crippen molar-refractivity contribution in [2.75, 3.05) is 32.1 Å². The molecular weight excluding hydrogens is 250 g/mol. The summed E-state index contributed by atoms with van der Waals surface area (Å²) in [4.78, 5) is 7.02. The monoisotopic (exact) mass is 277 g/mol. The average Bonchev–Trinajstić information content (AvgIpc) is 2.92. The Morgan fingerprint density at radius 1 is 1.45 bits per heavy atom. The Morgan fingerprint density at radius 3 is 2.95 bits per heavy atom. The van der Waals surface area contributed by atoms with Crippen molar-refractivity contribution in [2.24, 2.45) is 0 Å². The minimum Gasteiger partial charge on any atom is -0.376 e. The molecule has 1 N–H and O–H groups in total. The van der Waals surface area contributed by atoms with Crippen molar-refractivity contribution < 1.29 is 4.74 Å². The van der Waals surface area contributed by atoms with Gasteiger partial charge in [0.05, 0.1) is 6.10 Å². The first kappa shape index (κ1) is 15.3. The van der Waals surface area contributed by atoms with Gasteiger partial charge in [0.2, 0.25) is 0 Å². The lowest BCUT2D eigenvalue weighted by Crippen LogP contribution is -2.29. The third kappa shape index (κ3) is 4.18. The zero-order valence-corrected chi connectivity index (χ0v) is 13.0. The first-order valence-electron chi connectivity index (χ1n) is 7.70. The molecule has 0 aliphatic carbocycles. The van der Waals surface area contributed by atoms with Gasteiger partial charge in [0, 0.05) is 32.4 Å². The number of nitrogens with one attached hydrogen (secondary N) is 1. The standard InChI is InChI=1S/C16H27N3O/c1-4-6-14-9-13(11-17-2)10-16(18-14)19(3)12-15-7-5-8-20-15/h9-10,15,17H,4-8,11-12H2,1-3H3. The van der Waals surface area contributed by atoms with Gasteiger partial charge in [-0.15, -0.1) is 0 Å². The fourth-order valence-corrected chi connectivity index (χ4v) is 2.71. The van der Waals surface area contributed by atoms with Crippen molar-refractivity contribution in [2.45, 2.75) is 45.3 Å². The highest BCUT2D eigenvalue weighted by atomic mass is 16.5. The summed E-state index contributed by atoms with van der Waals surface area (Å²) in [7, 11) is 4.10. The largest absolute Gasteiger partial charge is 0.376 e. The normalized spacial score (nSPS) is 18.4. The van der Waals surface area contributed by atoms with E-state index in [2.05, 4.69) is 36.3 Å². The molecule has 0 bridgehead atoms. The molecule has 0 spiro atoms. The van der Waals surface area contributed by atoms with Gasteiger partial charge in [-0.05, 0) is 44.0 Å². The molecule has 0 aromatic carbocycles. The van der Waals surface area contributed by atoms with Crippen LogP contribution in [0.5, 0.6) is 0 Å². The molecule has 1 aromatic heterocycles. The Bertz CT molecular complexity index is 392. The summed E-state index contributed by atoms with van der Waals surface area (Å²) in [6.45, 7) is 4.93. The fraction of sp³-hybridized carbons (Fsp3) is 0.688. The van der Waals surface area contributed by atoms with Crippen LogP contribution in [0, 0.1) is 0 Å². The molecular formula is C16H27N3O. The van der Waals surface area contributed by atoms with E-state index in [9.17, 15) is 0 Å². The van der Waals surface area contributed by atoms with Crippen LogP contribution in [-0.2, 0) is 17.7 Å². The molecule has 1 atom stereocenters. The van der Waals surface area contributed by atoms with Crippen molar-refractivity contribution in [1.29, 1.82) is 0 Å². The van der Waals surface area contributed by atoms with Gasteiger partial charge < -0.3 is 15.0 Å². The molecule has 0 amide bonds. The number of aryl methyl sites for hydroxylation is 1. The Morgan fingerprint density at radius 2 is 2.30 bits per heavy atom. The van der Waals surface area contributed by atoms with Gasteiger partial charge >= 0.3 is 0 Å². The van der Waals surface area contributed by atoms with Gasteiger partial charge in [-0.3, -0.25) is 0 Å². The number of ether oxygens (including phenoxy) is 1. The molecule has 1 unspecified atom stereocenters. The van der Waals surface area contributed by atoms with E-state index in [-0.39, 0.29) is 0 Å².